The number of pyridine rings is 1. The van der Waals surface area contributed by atoms with Crippen molar-refractivity contribution in [3.63, 3.8) is 0 Å². The van der Waals surface area contributed by atoms with E-state index in [1.54, 1.807) is 6.20 Å². The van der Waals surface area contributed by atoms with E-state index in [9.17, 15) is 4.79 Å². The Morgan fingerprint density at radius 2 is 2.00 bits per heavy atom. The number of aromatic nitrogens is 2. The summed E-state index contributed by atoms with van der Waals surface area (Å²) in [6.07, 6.45) is 6.35. The van der Waals surface area contributed by atoms with Gasteiger partial charge in [0.05, 0.1) is 0 Å². The van der Waals surface area contributed by atoms with Gasteiger partial charge in [-0.2, -0.15) is 0 Å². The Balaban J connectivity index is 2.17. The Labute approximate surface area is 119 Å². The minimum atomic E-state index is -0.202. The van der Waals surface area contributed by atoms with Gasteiger partial charge in [0.1, 0.15) is 11.9 Å². The van der Waals surface area contributed by atoms with Crippen LogP contribution in [0, 0.1) is 12.8 Å². The summed E-state index contributed by atoms with van der Waals surface area (Å²) in [6.45, 7) is 6.18. The van der Waals surface area contributed by atoms with Crippen LogP contribution >= 0.6 is 0 Å². The van der Waals surface area contributed by atoms with Crippen LogP contribution in [-0.2, 0) is 4.79 Å². The zero-order chi connectivity index (χ0) is 14.5. The molecule has 0 saturated heterocycles. The highest BCUT2D eigenvalue weighted by atomic mass is 16.2. The van der Waals surface area contributed by atoms with Gasteiger partial charge in [0, 0.05) is 18.6 Å². The lowest BCUT2D eigenvalue weighted by molar-refractivity contribution is -0.119. The summed E-state index contributed by atoms with van der Waals surface area (Å²) in [4.78, 5) is 16.7. The van der Waals surface area contributed by atoms with Gasteiger partial charge in [0.25, 0.3) is 0 Å². The molecule has 0 spiro atoms. The molecule has 2 aromatic heterocycles. The Kier molecular flexibility index (Phi) is 4.56. The molecular weight excluding hydrogens is 250 g/mol. The normalized spacial score (nSPS) is 12.4. The Morgan fingerprint density at radius 1 is 1.30 bits per heavy atom. The number of hydrogen-bond donors (Lipinski definition) is 1. The molecule has 0 fully saturated rings. The van der Waals surface area contributed by atoms with Gasteiger partial charge in [0.2, 0.25) is 5.91 Å². The van der Waals surface area contributed by atoms with Crippen LogP contribution in [-0.4, -0.2) is 15.5 Å². The Hall–Kier alpha value is -2.10. The first-order valence-corrected chi connectivity index (χ1v) is 6.93. The minimum absolute atomic E-state index is 0.0169. The van der Waals surface area contributed by atoms with Crippen LogP contribution in [0.2, 0.25) is 0 Å². The lowest BCUT2D eigenvalue weighted by atomic mass is 10.0. The van der Waals surface area contributed by atoms with Crippen molar-refractivity contribution in [1.29, 1.82) is 0 Å². The molecule has 2 heterocycles. The van der Waals surface area contributed by atoms with Crippen LogP contribution in [0.3, 0.4) is 0 Å². The number of nitrogens with zero attached hydrogens (tertiary/aromatic N) is 2. The average Bonchev–Trinajstić information content (AvgIpc) is 2.92. The van der Waals surface area contributed by atoms with Gasteiger partial charge in [0.15, 0.2) is 0 Å². The topological polar surface area (TPSA) is 46.9 Å². The zero-order valence-electron chi connectivity index (χ0n) is 12.2. The average molecular weight is 271 g/mol. The molecule has 0 aliphatic heterocycles. The summed E-state index contributed by atoms with van der Waals surface area (Å²) in [5.74, 6) is 1.06. The standard InChI is InChI=1S/C16H21N3O/c1-12(2)11-14(19-9-4-5-10-19)16(20)18-15-13(3)7-6-8-17-15/h4-10,12,14H,11H2,1-3H3,(H,17,18,20)/t14-/m0/s1. The number of aryl methyl sites for hydroxylation is 1. The summed E-state index contributed by atoms with van der Waals surface area (Å²) in [7, 11) is 0. The molecule has 1 amide bonds. The quantitative estimate of drug-likeness (QED) is 0.905. The van der Waals surface area contributed by atoms with E-state index in [0.29, 0.717) is 11.7 Å². The molecule has 0 bridgehead atoms. The predicted octanol–water partition coefficient (Wildman–Crippen LogP) is 3.42. The highest BCUT2D eigenvalue weighted by Gasteiger charge is 2.21. The highest BCUT2D eigenvalue weighted by Crippen LogP contribution is 2.20. The molecule has 4 nitrogen and oxygen atoms in total. The van der Waals surface area contributed by atoms with Crippen LogP contribution in [0.1, 0.15) is 31.9 Å². The molecule has 4 heteroatoms. The maximum Gasteiger partial charge on any atom is 0.248 e. The monoisotopic (exact) mass is 271 g/mol. The van der Waals surface area contributed by atoms with Gasteiger partial charge in [-0.3, -0.25) is 4.79 Å². The molecule has 0 unspecified atom stereocenters. The van der Waals surface area contributed by atoms with Crippen molar-refractivity contribution in [3.8, 4) is 0 Å². The van der Waals surface area contributed by atoms with Crippen LogP contribution in [0.5, 0.6) is 0 Å². The van der Waals surface area contributed by atoms with Crippen molar-refractivity contribution in [2.75, 3.05) is 5.32 Å². The van der Waals surface area contributed by atoms with Crippen molar-refractivity contribution >= 4 is 11.7 Å². The maximum absolute atomic E-state index is 12.5. The van der Waals surface area contributed by atoms with E-state index in [4.69, 9.17) is 0 Å². The highest BCUT2D eigenvalue weighted by molar-refractivity contribution is 5.93. The van der Waals surface area contributed by atoms with Crippen LogP contribution in [0.4, 0.5) is 5.82 Å². The number of carbonyl (C=O) groups is 1. The second-order valence-corrected chi connectivity index (χ2v) is 5.43. The van der Waals surface area contributed by atoms with E-state index in [0.717, 1.165) is 12.0 Å². The first kappa shape index (κ1) is 14.3. The van der Waals surface area contributed by atoms with E-state index < -0.39 is 0 Å². The van der Waals surface area contributed by atoms with Crippen LogP contribution < -0.4 is 5.32 Å². The third-order valence-electron chi connectivity index (χ3n) is 3.24. The van der Waals surface area contributed by atoms with Gasteiger partial charge in [-0.25, -0.2) is 4.98 Å². The van der Waals surface area contributed by atoms with Crippen molar-refractivity contribution in [2.24, 2.45) is 5.92 Å². The Morgan fingerprint density at radius 3 is 2.60 bits per heavy atom. The third kappa shape index (κ3) is 3.47. The number of anilines is 1. The molecule has 0 radical (unpaired) electrons. The predicted molar refractivity (Wildman–Crippen MR) is 80.5 cm³/mol. The number of rotatable bonds is 5. The van der Waals surface area contributed by atoms with Gasteiger partial charge < -0.3 is 9.88 Å². The molecule has 0 aromatic carbocycles. The van der Waals surface area contributed by atoms with Crippen molar-refractivity contribution < 1.29 is 4.79 Å². The van der Waals surface area contributed by atoms with E-state index in [1.807, 2.05) is 48.1 Å². The fourth-order valence-corrected chi connectivity index (χ4v) is 2.18. The molecule has 1 N–H and O–H groups in total. The van der Waals surface area contributed by atoms with E-state index in [2.05, 4.69) is 24.1 Å². The summed E-state index contributed by atoms with van der Waals surface area (Å²) in [6, 6.07) is 7.48. The summed E-state index contributed by atoms with van der Waals surface area (Å²) < 4.78 is 1.95. The molecule has 106 valence electrons. The molecule has 20 heavy (non-hydrogen) atoms. The first-order valence-electron chi connectivity index (χ1n) is 6.93. The first-order chi connectivity index (χ1) is 9.58. The zero-order valence-corrected chi connectivity index (χ0v) is 12.2. The number of amides is 1. The fraction of sp³-hybridized carbons (Fsp3) is 0.375. The molecule has 0 aliphatic rings. The van der Waals surface area contributed by atoms with Gasteiger partial charge in [-0.05, 0) is 43.0 Å². The second kappa shape index (κ2) is 6.37. The van der Waals surface area contributed by atoms with Crippen molar-refractivity contribution in [3.05, 3.63) is 48.4 Å². The van der Waals surface area contributed by atoms with E-state index in [-0.39, 0.29) is 11.9 Å². The van der Waals surface area contributed by atoms with Crippen LogP contribution in [0.25, 0.3) is 0 Å². The number of carbonyl (C=O) groups excluding carboxylic acids is 1. The number of hydrogen-bond acceptors (Lipinski definition) is 2. The van der Waals surface area contributed by atoms with Gasteiger partial charge >= 0.3 is 0 Å². The fourth-order valence-electron chi connectivity index (χ4n) is 2.18. The smallest absolute Gasteiger partial charge is 0.248 e. The molecule has 1 atom stereocenters. The molecule has 0 saturated carbocycles. The summed E-state index contributed by atoms with van der Waals surface area (Å²) in [5.41, 5.74) is 0.969. The molecular formula is C16H21N3O. The van der Waals surface area contributed by atoms with Crippen molar-refractivity contribution in [2.45, 2.75) is 33.2 Å². The minimum Gasteiger partial charge on any atom is -0.342 e. The largest absolute Gasteiger partial charge is 0.342 e. The summed E-state index contributed by atoms with van der Waals surface area (Å²) in [5, 5.41) is 2.93. The number of nitrogens with one attached hydrogen (secondary N) is 1. The molecule has 2 rings (SSSR count). The lowest BCUT2D eigenvalue weighted by Gasteiger charge is -2.20. The van der Waals surface area contributed by atoms with Crippen molar-refractivity contribution in [1.82, 2.24) is 9.55 Å². The Bertz CT molecular complexity index is 561. The van der Waals surface area contributed by atoms with Gasteiger partial charge in [-0.15, -0.1) is 0 Å². The van der Waals surface area contributed by atoms with E-state index >= 15 is 0 Å². The molecule has 0 aliphatic carbocycles. The van der Waals surface area contributed by atoms with Gasteiger partial charge in [-0.1, -0.05) is 19.9 Å². The van der Waals surface area contributed by atoms with E-state index in [1.165, 1.54) is 0 Å². The lowest BCUT2D eigenvalue weighted by Crippen LogP contribution is -2.27. The molecule has 2 aromatic rings. The second-order valence-electron chi connectivity index (χ2n) is 5.43. The van der Waals surface area contributed by atoms with Crippen LogP contribution in [0.15, 0.2) is 42.9 Å². The maximum atomic E-state index is 12.5. The summed E-state index contributed by atoms with van der Waals surface area (Å²) >= 11 is 0. The third-order valence-corrected chi connectivity index (χ3v) is 3.24. The SMILES string of the molecule is Cc1cccnc1NC(=O)[C@H](CC(C)C)n1cccc1.